The van der Waals surface area contributed by atoms with Gasteiger partial charge in [0.05, 0.1) is 6.04 Å². The number of nitrogens with zero attached hydrogens (tertiary/aromatic N) is 8. The first kappa shape index (κ1) is 29.9. The van der Waals surface area contributed by atoms with E-state index in [4.69, 9.17) is 42.9 Å². The van der Waals surface area contributed by atoms with Crippen LogP contribution < -0.4 is 54.0 Å². The number of piperazine rings is 1. The summed E-state index contributed by atoms with van der Waals surface area (Å²) in [6, 6.07) is 10.4. The van der Waals surface area contributed by atoms with Crippen molar-refractivity contribution in [2.24, 2.45) is 22.9 Å². The lowest BCUT2D eigenvalue weighted by Gasteiger charge is -2.41. The molecule has 1 aromatic carbocycles. The zero-order valence-electron chi connectivity index (χ0n) is 23.3. The van der Waals surface area contributed by atoms with Crippen molar-refractivity contribution in [3.63, 3.8) is 0 Å². The van der Waals surface area contributed by atoms with Crippen molar-refractivity contribution in [2.75, 3.05) is 103 Å². The molecule has 0 bridgehead atoms. The van der Waals surface area contributed by atoms with Crippen LogP contribution >= 0.6 is 0 Å². The van der Waals surface area contributed by atoms with Crippen molar-refractivity contribution in [1.82, 2.24) is 29.9 Å². The molecule has 1 aliphatic heterocycles. The van der Waals surface area contributed by atoms with Gasteiger partial charge in [0.1, 0.15) is 0 Å². The van der Waals surface area contributed by atoms with E-state index in [1.165, 1.54) is 5.56 Å². The summed E-state index contributed by atoms with van der Waals surface area (Å²) < 4.78 is 0. The van der Waals surface area contributed by atoms with Gasteiger partial charge in [0.25, 0.3) is 0 Å². The topological polar surface area (TPSA) is 236 Å². The molecule has 0 amide bonds. The second kappa shape index (κ2) is 15.6. The average Bonchev–Trinajstić information content (AvgIpc) is 3.01. The summed E-state index contributed by atoms with van der Waals surface area (Å²) in [4.78, 5) is 32.2. The highest BCUT2D eigenvalue weighted by Crippen LogP contribution is 2.25. The predicted octanol–water partition coefficient (Wildman–Crippen LogP) is -1.52. The molecule has 1 aliphatic rings. The Labute approximate surface area is 240 Å². The number of anilines is 6. The summed E-state index contributed by atoms with van der Waals surface area (Å²) in [5, 5.41) is 12.7. The van der Waals surface area contributed by atoms with Gasteiger partial charge < -0.3 is 54.0 Å². The van der Waals surface area contributed by atoms with Crippen LogP contribution in [0.4, 0.5) is 35.7 Å². The van der Waals surface area contributed by atoms with Crippen LogP contribution in [-0.2, 0) is 6.42 Å². The smallest absolute Gasteiger partial charge is 0.232 e. The fraction of sp³-hybridized carbons (Fsp3) is 0.520. The SMILES string of the molecule is NCCNc1nc(NCCN)nc(N2CCN(c3nc(NCCN)nc(NCCN)n3)C(Cc3ccccc3)C2)n1. The third kappa shape index (κ3) is 8.68. The molecule has 4 rings (SSSR count). The van der Waals surface area contributed by atoms with Crippen molar-refractivity contribution in [3.8, 4) is 0 Å². The van der Waals surface area contributed by atoms with E-state index in [0.29, 0.717) is 108 Å². The van der Waals surface area contributed by atoms with Crippen LogP contribution in [0, 0.1) is 0 Å². The number of benzene rings is 1. The van der Waals surface area contributed by atoms with Crippen LogP contribution in [0.2, 0.25) is 0 Å². The first-order valence-corrected chi connectivity index (χ1v) is 14.0. The van der Waals surface area contributed by atoms with Gasteiger partial charge in [-0.1, -0.05) is 30.3 Å². The minimum Gasteiger partial charge on any atom is -0.353 e. The minimum atomic E-state index is 0.0101. The zero-order valence-corrected chi connectivity index (χ0v) is 23.3. The fourth-order valence-electron chi connectivity index (χ4n) is 4.41. The van der Waals surface area contributed by atoms with E-state index in [2.05, 4.69) is 53.2 Å². The molecule has 0 saturated carbocycles. The lowest BCUT2D eigenvalue weighted by molar-refractivity contribution is 0.502. The van der Waals surface area contributed by atoms with Crippen molar-refractivity contribution < 1.29 is 0 Å². The summed E-state index contributed by atoms with van der Waals surface area (Å²) in [5.41, 5.74) is 24.0. The van der Waals surface area contributed by atoms with Gasteiger partial charge in [-0.05, 0) is 12.0 Å². The highest BCUT2D eigenvalue weighted by atomic mass is 15.4. The number of nitrogens with one attached hydrogen (secondary N) is 4. The predicted molar refractivity (Wildman–Crippen MR) is 163 cm³/mol. The minimum absolute atomic E-state index is 0.0101. The lowest BCUT2D eigenvalue weighted by atomic mass is 10.0. The monoisotopic (exact) mass is 566 g/mol. The van der Waals surface area contributed by atoms with E-state index in [9.17, 15) is 0 Å². The summed E-state index contributed by atoms with van der Waals surface area (Å²) in [7, 11) is 0. The molecule has 16 nitrogen and oxygen atoms in total. The summed E-state index contributed by atoms with van der Waals surface area (Å²) in [5.74, 6) is 3.00. The molecule has 0 aliphatic carbocycles. The summed E-state index contributed by atoms with van der Waals surface area (Å²) in [6.07, 6.45) is 0.766. The van der Waals surface area contributed by atoms with Gasteiger partial charge in [0, 0.05) is 72.0 Å². The zero-order chi connectivity index (χ0) is 28.9. The van der Waals surface area contributed by atoms with E-state index >= 15 is 0 Å². The molecular formula is C25H42N16. The highest BCUT2D eigenvalue weighted by Gasteiger charge is 2.31. The molecular weight excluding hydrogens is 524 g/mol. The molecule has 2 aromatic heterocycles. The second-order valence-electron chi connectivity index (χ2n) is 9.41. The van der Waals surface area contributed by atoms with Crippen molar-refractivity contribution >= 4 is 35.7 Å². The first-order valence-electron chi connectivity index (χ1n) is 14.0. The van der Waals surface area contributed by atoms with Gasteiger partial charge in [0.2, 0.25) is 35.7 Å². The van der Waals surface area contributed by atoms with Gasteiger partial charge >= 0.3 is 0 Å². The molecule has 1 unspecified atom stereocenters. The highest BCUT2D eigenvalue weighted by molar-refractivity contribution is 5.49. The number of rotatable bonds is 16. The Morgan fingerprint density at radius 3 is 1.54 bits per heavy atom. The van der Waals surface area contributed by atoms with Crippen molar-refractivity contribution in [3.05, 3.63) is 35.9 Å². The molecule has 0 spiro atoms. The van der Waals surface area contributed by atoms with E-state index in [1.54, 1.807) is 0 Å². The second-order valence-corrected chi connectivity index (χ2v) is 9.41. The van der Waals surface area contributed by atoms with Crippen LogP contribution in [-0.4, -0.2) is 108 Å². The molecule has 222 valence electrons. The number of aromatic nitrogens is 6. The molecule has 1 fully saturated rings. The molecule has 1 atom stereocenters. The van der Waals surface area contributed by atoms with Crippen LogP contribution in [0.3, 0.4) is 0 Å². The lowest BCUT2D eigenvalue weighted by Crippen LogP contribution is -2.55. The fourth-order valence-corrected chi connectivity index (χ4v) is 4.41. The standard InChI is InChI=1S/C25H42N16/c26-6-10-30-20-34-21(31-11-7-27)37-24(36-20)40-14-15-41(19(17-40)16-18-4-2-1-3-5-18)25-38-22(32-12-8-28)35-23(39-25)33-13-9-29/h1-5,19H,6-17,26-29H2,(H2,30,31,34,36,37)(H2,32,33,35,38,39). The van der Waals surface area contributed by atoms with Crippen LogP contribution in [0.15, 0.2) is 30.3 Å². The first-order chi connectivity index (χ1) is 20.1. The van der Waals surface area contributed by atoms with Gasteiger partial charge in [-0.25, -0.2) is 0 Å². The van der Waals surface area contributed by atoms with Gasteiger partial charge in [0.15, 0.2) is 0 Å². The normalized spacial score (nSPS) is 15.1. The maximum atomic E-state index is 5.71. The molecule has 41 heavy (non-hydrogen) atoms. The number of hydrogen-bond acceptors (Lipinski definition) is 16. The van der Waals surface area contributed by atoms with Crippen LogP contribution in [0.5, 0.6) is 0 Å². The third-order valence-electron chi connectivity index (χ3n) is 6.29. The van der Waals surface area contributed by atoms with E-state index in [1.807, 2.05) is 18.2 Å². The van der Waals surface area contributed by atoms with E-state index < -0.39 is 0 Å². The Hall–Kier alpha value is -4.12. The van der Waals surface area contributed by atoms with E-state index in [-0.39, 0.29) is 6.04 Å². The quantitative estimate of drug-likeness (QED) is 0.0982. The maximum absolute atomic E-state index is 5.71. The molecule has 16 heteroatoms. The van der Waals surface area contributed by atoms with Crippen LogP contribution in [0.25, 0.3) is 0 Å². The van der Waals surface area contributed by atoms with Crippen LogP contribution in [0.1, 0.15) is 5.56 Å². The van der Waals surface area contributed by atoms with Crippen molar-refractivity contribution in [2.45, 2.75) is 12.5 Å². The molecule has 1 saturated heterocycles. The Kier molecular flexibility index (Phi) is 11.4. The number of nitrogens with two attached hydrogens (primary N) is 4. The van der Waals surface area contributed by atoms with E-state index in [0.717, 1.165) is 6.42 Å². The summed E-state index contributed by atoms with van der Waals surface area (Å²) in [6.45, 7) is 5.92. The Balaban J connectivity index is 1.65. The Bertz CT molecular complexity index is 1140. The van der Waals surface area contributed by atoms with Gasteiger partial charge in [-0.15, -0.1) is 0 Å². The van der Waals surface area contributed by atoms with Crippen molar-refractivity contribution in [1.29, 1.82) is 0 Å². The van der Waals surface area contributed by atoms with Gasteiger partial charge in [-0.3, -0.25) is 0 Å². The molecule has 12 N–H and O–H groups in total. The average molecular weight is 567 g/mol. The maximum Gasteiger partial charge on any atom is 0.232 e. The molecule has 0 radical (unpaired) electrons. The third-order valence-corrected chi connectivity index (χ3v) is 6.29. The Morgan fingerprint density at radius 2 is 1.07 bits per heavy atom. The number of hydrogen-bond donors (Lipinski definition) is 8. The Morgan fingerprint density at radius 1 is 0.610 bits per heavy atom. The summed E-state index contributed by atoms with van der Waals surface area (Å²) >= 11 is 0. The largest absolute Gasteiger partial charge is 0.353 e. The molecule has 3 aromatic rings. The van der Waals surface area contributed by atoms with Gasteiger partial charge in [-0.2, -0.15) is 29.9 Å². The molecule has 3 heterocycles.